The molecule has 2 amide bonds. The number of likely N-dealkylation sites (tertiary alicyclic amines) is 2. The summed E-state index contributed by atoms with van der Waals surface area (Å²) >= 11 is 0.864. The molecule has 2 fully saturated rings. The van der Waals surface area contributed by atoms with Crippen LogP contribution in [0.2, 0.25) is 0 Å². The van der Waals surface area contributed by atoms with Crippen molar-refractivity contribution < 1.29 is 14.5 Å². The van der Waals surface area contributed by atoms with Gasteiger partial charge in [-0.1, -0.05) is 11.3 Å². The van der Waals surface area contributed by atoms with Crippen LogP contribution in [-0.4, -0.2) is 65.3 Å². The van der Waals surface area contributed by atoms with Crippen molar-refractivity contribution in [3.05, 3.63) is 27.1 Å². The summed E-state index contributed by atoms with van der Waals surface area (Å²) < 4.78 is 0. The lowest BCUT2D eigenvalue weighted by Gasteiger charge is -2.36. The van der Waals surface area contributed by atoms with E-state index in [1.165, 1.54) is 12.1 Å². The lowest BCUT2D eigenvalue weighted by molar-refractivity contribution is -0.380. The zero-order valence-corrected chi connectivity index (χ0v) is 16.2. The first kappa shape index (κ1) is 20.6. The van der Waals surface area contributed by atoms with E-state index in [1.807, 2.05) is 11.9 Å². The van der Waals surface area contributed by atoms with Crippen LogP contribution >= 0.6 is 23.7 Å². The molecule has 2 aliphatic heterocycles. The summed E-state index contributed by atoms with van der Waals surface area (Å²) in [4.78, 5) is 39.7. The molecule has 0 aromatic carbocycles. The average Bonchev–Trinajstić information content (AvgIpc) is 3.30. The number of hydrogen-bond donors (Lipinski definition) is 1. The summed E-state index contributed by atoms with van der Waals surface area (Å²) in [6.07, 6.45) is 3.43. The van der Waals surface area contributed by atoms with E-state index in [1.54, 1.807) is 4.90 Å². The quantitative estimate of drug-likeness (QED) is 0.612. The zero-order chi connectivity index (χ0) is 18.0. The molecule has 26 heavy (non-hydrogen) atoms. The van der Waals surface area contributed by atoms with Gasteiger partial charge in [0.25, 0.3) is 5.91 Å². The standard InChI is InChI=1S/C16H22N4O4S.ClH/c1-17-11-4-2-8-18(10-11)15(21)12-5-3-9-19(12)16(22)13-6-7-14(25-13)20(23)24;/h6-7,11-12,17H,2-5,8-10H2,1H3;1H. The topological polar surface area (TPSA) is 95.8 Å². The number of rotatable bonds is 4. The second-order valence-electron chi connectivity index (χ2n) is 6.46. The molecule has 144 valence electrons. The molecule has 2 aliphatic rings. The Labute approximate surface area is 162 Å². The first-order valence-electron chi connectivity index (χ1n) is 8.52. The maximum Gasteiger partial charge on any atom is 0.324 e. The molecule has 2 atom stereocenters. The highest BCUT2D eigenvalue weighted by molar-refractivity contribution is 7.17. The van der Waals surface area contributed by atoms with Crippen LogP contribution in [-0.2, 0) is 4.79 Å². The van der Waals surface area contributed by atoms with Crippen LogP contribution in [0.1, 0.15) is 35.4 Å². The highest BCUT2D eigenvalue weighted by Crippen LogP contribution is 2.29. The normalized spacial score (nSPS) is 22.8. The molecule has 0 radical (unpaired) electrons. The van der Waals surface area contributed by atoms with Crippen LogP contribution in [0.4, 0.5) is 5.00 Å². The Bertz CT molecular complexity index is 683. The number of nitrogens with zero attached hydrogens (tertiary/aromatic N) is 3. The molecule has 1 N–H and O–H groups in total. The fourth-order valence-electron chi connectivity index (χ4n) is 3.57. The number of piperidine rings is 1. The van der Waals surface area contributed by atoms with Crippen molar-refractivity contribution in [3.63, 3.8) is 0 Å². The van der Waals surface area contributed by atoms with E-state index >= 15 is 0 Å². The minimum absolute atomic E-state index is 0. The molecule has 0 bridgehead atoms. The minimum Gasteiger partial charge on any atom is -0.339 e. The lowest BCUT2D eigenvalue weighted by Crippen LogP contribution is -2.53. The highest BCUT2D eigenvalue weighted by atomic mass is 35.5. The number of hydrogen-bond acceptors (Lipinski definition) is 6. The monoisotopic (exact) mass is 402 g/mol. The first-order valence-corrected chi connectivity index (χ1v) is 9.34. The summed E-state index contributed by atoms with van der Waals surface area (Å²) in [5, 5.41) is 14.0. The van der Waals surface area contributed by atoms with Gasteiger partial charge in [-0.3, -0.25) is 19.7 Å². The predicted octanol–water partition coefficient (Wildman–Crippen LogP) is 1.89. The van der Waals surface area contributed by atoms with Crippen LogP contribution < -0.4 is 5.32 Å². The van der Waals surface area contributed by atoms with Crippen LogP contribution in [0.25, 0.3) is 0 Å². The Balaban J connectivity index is 0.00000243. The van der Waals surface area contributed by atoms with Gasteiger partial charge >= 0.3 is 5.00 Å². The van der Waals surface area contributed by atoms with Gasteiger partial charge in [0.1, 0.15) is 6.04 Å². The number of likely N-dealkylation sites (N-methyl/N-ethyl adjacent to an activating group) is 1. The molecule has 2 unspecified atom stereocenters. The molecule has 2 saturated heterocycles. The summed E-state index contributed by atoms with van der Waals surface area (Å²) in [6.45, 7) is 1.91. The molecule has 1 aromatic heterocycles. The molecule has 1 aromatic rings. The number of nitrogens with one attached hydrogen (secondary N) is 1. The Morgan fingerprint density at radius 2 is 2.00 bits per heavy atom. The molecule has 0 aliphatic carbocycles. The van der Waals surface area contributed by atoms with E-state index in [9.17, 15) is 19.7 Å². The van der Waals surface area contributed by atoms with Crippen molar-refractivity contribution in [1.82, 2.24) is 15.1 Å². The number of carbonyl (C=O) groups excluding carboxylic acids is 2. The first-order chi connectivity index (χ1) is 12.0. The van der Waals surface area contributed by atoms with E-state index in [0.29, 0.717) is 30.4 Å². The molecule has 3 rings (SSSR count). The number of thiophene rings is 1. The highest BCUT2D eigenvalue weighted by Gasteiger charge is 2.38. The van der Waals surface area contributed by atoms with Gasteiger partial charge in [0, 0.05) is 31.7 Å². The summed E-state index contributed by atoms with van der Waals surface area (Å²) in [6, 6.07) is 2.66. The van der Waals surface area contributed by atoms with Crippen molar-refractivity contribution in [2.75, 3.05) is 26.7 Å². The number of carbonyl (C=O) groups is 2. The van der Waals surface area contributed by atoms with Gasteiger partial charge in [-0.25, -0.2) is 0 Å². The second kappa shape index (κ2) is 8.79. The summed E-state index contributed by atoms with van der Waals surface area (Å²) in [5.74, 6) is -0.284. The molecule has 8 nitrogen and oxygen atoms in total. The smallest absolute Gasteiger partial charge is 0.324 e. The molecule has 10 heteroatoms. The summed E-state index contributed by atoms with van der Waals surface area (Å²) in [7, 11) is 1.90. The fraction of sp³-hybridized carbons (Fsp3) is 0.625. The number of halogens is 1. The van der Waals surface area contributed by atoms with Crippen LogP contribution in [0.15, 0.2) is 12.1 Å². The molecular formula is C16H23ClN4O4S. The van der Waals surface area contributed by atoms with Crippen molar-refractivity contribution in [1.29, 1.82) is 0 Å². The van der Waals surface area contributed by atoms with Gasteiger partial charge < -0.3 is 15.1 Å². The van der Waals surface area contributed by atoms with Crippen LogP contribution in [0, 0.1) is 10.1 Å². The van der Waals surface area contributed by atoms with Gasteiger partial charge in [-0.15, -0.1) is 12.4 Å². The van der Waals surface area contributed by atoms with Gasteiger partial charge in [0.2, 0.25) is 5.91 Å². The maximum atomic E-state index is 12.9. The SMILES string of the molecule is CNC1CCCN(C(=O)C2CCCN2C(=O)c2ccc([N+](=O)[O-])s2)C1.Cl. The molecule has 0 spiro atoms. The van der Waals surface area contributed by atoms with E-state index in [2.05, 4.69) is 5.32 Å². The van der Waals surface area contributed by atoms with Crippen molar-refractivity contribution in [3.8, 4) is 0 Å². The molecule has 3 heterocycles. The van der Waals surface area contributed by atoms with E-state index < -0.39 is 11.0 Å². The van der Waals surface area contributed by atoms with E-state index in [4.69, 9.17) is 0 Å². The second-order valence-corrected chi connectivity index (χ2v) is 7.53. The third kappa shape index (κ3) is 4.16. The largest absolute Gasteiger partial charge is 0.339 e. The fourth-order valence-corrected chi connectivity index (χ4v) is 4.35. The zero-order valence-electron chi connectivity index (χ0n) is 14.6. The maximum absolute atomic E-state index is 12.9. The predicted molar refractivity (Wildman–Crippen MR) is 101 cm³/mol. The van der Waals surface area contributed by atoms with Crippen LogP contribution in [0.5, 0.6) is 0 Å². The Kier molecular flexibility index (Phi) is 6.96. The van der Waals surface area contributed by atoms with Gasteiger partial charge in [0.15, 0.2) is 0 Å². The van der Waals surface area contributed by atoms with E-state index in [-0.39, 0.29) is 29.2 Å². The Morgan fingerprint density at radius 3 is 2.65 bits per heavy atom. The van der Waals surface area contributed by atoms with Crippen molar-refractivity contribution in [2.24, 2.45) is 0 Å². The minimum atomic E-state index is -0.500. The average molecular weight is 403 g/mol. The number of nitro groups is 1. The molecular weight excluding hydrogens is 380 g/mol. The van der Waals surface area contributed by atoms with Gasteiger partial charge in [0.05, 0.1) is 9.80 Å². The van der Waals surface area contributed by atoms with Gasteiger partial charge in [-0.05, 0) is 38.8 Å². The van der Waals surface area contributed by atoms with Crippen LogP contribution in [0.3, 0.4) is 0 Å². The van der Waals surface area contributed by atoms with Crippen molar-refractivity contribution >= 4 is 40.6 Å². The van der Waals surface area contributed by atoms with Crippen molar-refractivity contribution in [2.45, 2.75) is 37.8 Å². The molecule has 0 saturated carbocycles. The third-order valence-corrected chi connectivity index (χ3v) is 5.95. The van der Waals surface area contributed by atoms with Gasteiger partial charge in [-0.2, -0.15) is 0 Å². The Hall–Kier alpha value is -1.71. The third-order valence-electron chi connectivity index (χ3n) is 4.92. The lowest BCUT2D eigenvalue weighted by atomic mass is 10.0. The van der Waals surface area contributed by atoms with E-state index in [0.717, 1.165) is 37.1 Å². The summed E-state index contributed by atoms with van der Waals surface area (Å²) in [5.41, 5.74) is 0. The Morgan fingerprint density at radius 1 is 1.27 bits per heavy atom. The number of amides is 2.